The Labute approximate surface area is 169 Å². The highest BCUT2D eigenvalue weighted by Gasteiger charge is 2.41. The lowest BCUT2D eigenvalue weighted by molar-refractivity contribution is 0.0791. The van der Waals surface area contributed by atoms with Crippen LogP contribution in [0.5, 0.6) is 17.2 Å². The lowest BCUT2D eigenvalue weighted by atomic mass is 9.75. The van der Waals surface area contributed by atoms with Crippen molar-refractivity contribution in [2.75, 3.05) is 20.8 Å². The number of Topliss-reactive ketones (excluding diaryl/α,β-unsaturated/α-hetero) is 1. The van der Waals surface area contributed by atoms with Crippen LogP contribution in [0.2, 0.25) is 0 Å². The van der Waals surface area contributed by atoms with Crippen molar-refractivity contribution in [1.82, 2.24) is 0 Å². The second kappa shape index (κ2) is 12.5. The zero-order valence-corrected chi connectivity index (χ0v) is 18.0. The minimum atomic E-state index is -0.701. The van der Waals surface area contributed by atoms with Gasteiger partial charge < -0.3 is 14.2 Å². The Morgan fingerprint density at radius 3 is 1.89 bits per heavy atom. The third-order valence-corrected chi connectivity index (χ3v) is 4.18. The van der Waals surface area contributed by atoms with Gasteiger partial charge in [-0.2, -0.15) is 0 Å². The lowest BCUT2D eigenvalue weighted by Gasteiger charge is -2.33. The van der Waals surface area contributed by atoms with Crippen LogP contribution in [-0.4, -0.2) is 26.6 Å². The number of rotatable bonds is 3. The summed E-state index contributed by atoms with van der Waals surface area (Å²) in [4.78, 5) is 12.9. The van der Waals surface area contributed by atoms with E-state index in [1.165, 1.54) is 0 Å². The van der Waals surface area contributed by atoms with Crippen LogP contribution in [0.15, 0.2) is 42.5 Å². The maximum atomic E-state index is 12.9. The van der Waals surface area contributed by atoms with Gasteiger partial charge in [0.25, 0.3) is 0 Å². The number of hydrogen-bond acceptors (Lipinski definition) is 4. The summed E-state index contributed by atoms with van der Waals surface area (Å²) < 4.78 is 16.2. The number of ketones is 1. The van der Waals surface area contributed by atoms with E-state index in [2.05, 4.69) is 12.8 Å². The van der Waals surface area contributed by atoms with Crippen LogP contribution in [0.4, 0.5) is 0 Å². The highest BCUT2D eigenvalue weighted by molar-refractivity contribution is 6.07. The smallest absolute Gasteiger partial charge is 0.180 e. The first kappa shape index (κ1) is 25.1. The summed E-state index contributed by atoms with van der Waals surface area (Å²) >= 11 is 0. The van der Waals surface area contributed by atoms with E-state index in [9.17, 15) is 4.79 Å². The van der Waals surface area contributed by atoms with Crippen LogP contribution in [0.25, 0.3) is 0 Å². The zero-order chi connectivity index (χ0) is 21.7. The number of benzene rings is 2. The number of fused-ring (bicyclic) bond motifs is 1. The first-order valence-electron chi connectivity index (χ1n) is 9.42. The van der Waals surface area contributed by atoms with Gasteiger partial charge in [0.05, 0.1) is 25.2 Å². The molecule has 1 aliphatic heterocycles. The molecule has 0 bridgehead atoms. The van der Waals surface area contributed by atoms with Gasteiger partial charge in [-0.15, -0.1) is 12.8 Å². The van der Waals surface area contributed by atoms with Crippen LogP contribution < -0.4 is 14.2 Å². The summed E-state index contributed by atoms with van der Waals surface area (Å²) in [6, 6.07) is 12.8. The van der Waals surface area contributed by atoms with Gasteiger partial charge in [-0.1, -0.05) is 39.8 Å². The molecule has 28 heavy (non-hydrogen) atoms. The number of carbonyl (C=O) groups excluding carboxylic acids is 1. The molecule has 0 fully saturated rings. The van der Waals surface area contributed by atoms with Gasteiger partial charge in [-0.05, 0) is 36.8 Å². The Kier molecular flexibility index (Phi) is 11.2. The molecule has 1 atom stereocenters. The molecule has 0 aliphatic carbocycles. The molecule has 0 aromatic heterocycles. The maximum Gasteiger partial charge on any atom is 0.180 e. The van der Waals surface area contributed by atoms with Crippen molar-refractivity contribution in [2.45, 2.75) is 40.0 Å². The average molecular weight is 385 g/mol. The van der Waals surface area contributed by atoms with Crippen molar-refractivity contribution in [3.63, 3.8) is 0 Å². The highest BCUT2D eigenvalue weighted by atomic mass is 16.5. The Bertz CT molecular complexity index is 747. The molecule has 1 unspecified atom stereocenters. The predicted octanol–water partition coefficient (Wildman–Crippen LogP) is 5.54. The van der Waals surface area contributed by atoms with Crippen LogP contribution >= 0.6 is 0 Å². The van der Waals surface area contributed by atoms with Crippen LogP contribution in [0, 0.1) is 12.8 Å². The molecule has 1 heterocycles. The molecular formula is C24H32O4. The van der Waals surface area contributed by atoms with E-state index in [0.29, 0.717) is 23.7 Å². The molecule has 3 rings (SSSR count). The van der Waals surface area contributed by atoms with Gasteiger partial charge in [0, 0.05) is 6.07 Å². The number of ether oxygens (including phenoxy) is 3. The Morgan fingerprint density at radius 1 is 0.893 bits per heavy atom. The molecule has 4 nitrogen and oxygen atoms in total. The normalized spacial score (nSPS) is 16.2. The summed E-state index contributed by atoms with van der Waals surface area (Å²) in [7, 11) is 3.21. The standard InChI is InChI=1S/C18H18O4.2C2H6.C2H2/c1-18(12-4-6-13(20-2)7-5-12)11-22-16-10-14(21-3)8-9-15(16)17(18)19;3*1-2/h4-10H,11H2,1-3H3;2*1-2H3;1-2H. The number of methoxy groups -OCH3 is 2. The molecule has 2 aromatic carbocycles. The molecule has 0 radical (unpaired) electrons. The predicted molar refractivity (Wildman–Crippen MR) is 116 cm³/mol. The van der Waals surface area contributed by atoms with Gasteiger partial charge in [0.1, 0.15) is 23.9 Å². The molecule has 2 aromatic rings. The van der Waals surface area contributed by atoms with Crippen molar-refractivity contribution in [3.05, 3.63) is 53.6 Å². The van der Waals surface area contributed by atoms with Gasteiger partial charge in [-0.3, -0.25) is 4.79 Å². The molecule has 0 N–H and O–H groups in total. The molecule has 1 aliphatic rings. The summed E-state index contributed by atoms with van der Waals surface area (Å²) in [6.45, 7) is 10.2. The summed E-state index contributed by atoms with van der Waals surface area (Å²) in [6.07, 6.45) is 8.00. The van der Waals surface area contributed by atoms with E-state index in [4.69, 9.17) is 14.2 Å². The summed E-state index contributed by atoms with van der Waals surface area (Å²) in [5, 5.41) is 0. The minimum Gasteiger partial charge on any atom is -0.497 e. The van der Waals surface area contributed by atoms with Crippen molar-refractivity contribution in [3.8, 4) is 30.1 Å². The summed E-state index contributed by atoms with van der Waals surface area (Å²) in [5.74, 6) is 2.08. The fourth-order valence-corrected chi connectivity index (χ4v) is 2.69. The van der Waals surface area contributed by atoms with E-state index in [1.807, 2.05) is 58.9 Å². The zero-order valence-electron chi connectivity index (χ0n) is 18.0. The summed E-state index contributed by atoms with van der Waals surface area (Å²) in [5.41, 5.74) is 0.804. The number of hydrogen-bond donors (Lipinski definition) is 0. The third-order valence-electron chi connectivity index (χ3n) is 4.18. The van der Waals surface area contributed by atoms with E-state index < -0.39 is 5.41 Å². The highest BCUT2D eigenvalue weighted by Crippen LogP contribution is 2.38. The second-order valence-corrected chi connectivity index (χ2v) is 5.54. The quantitative estimate of drug-likeness (QED) is 0.652. The van der Waals surface area contributed by atoms with E-state index in [1.54, 1.807) is 32.4 Å². The van der Waals surface area contributed by atoms with E-state index in [-0.39, 0.29) is 5.78 Å². The molecular weight excluding hydrogens is 352 g/mol. The SMILES string of the molecule is C#C.CC.CC.COc1ccc(C2(C)COc3cc(OC)ccc3C2=O)cc1. The van der Waals surface area contributed by atoms with Crippen LogP contribution in [-0.2, 0) is 5.41 Å². The van der Waals surface area contributed by atoms with Crippen molar-refractivity contribution in [2.24, 2.45) is 0 Å². The molecule has 0 saturated heterocycles. The Morgan fingerprint density at radius 2 is 1.39 bits per heavy atom. The van der Waals surface area contributed by atoms with Gasteiger partial charge in [0.15, 0.2) is 5.78 Å². The topological polar surface area (TPSA) is 44.8 Å². The molecule has 0 amide bonds. The van der Waals surface area contributed by atoms with E-state index in [0.717, 1.165) is 11.3 Å². The van der Waals surface area contributed by atoms with E-state index >= 15 is 0 Å². The maximum absolute atomic E-state index is 12.9. The van der Waals surface area contributed by atoms with Crippen LogP contribution in [0.3, 0.4) is 0 Å². The first-order chi connectivity index (χ1) is 13.6. The minimum absolute atomic E-state index is 0.0570. The first-order valence-corrected chi connectivity index (χ1v) is 9.42. The fraction of sp³-hybridized carbons (Fsp3) is 0.375. The lowest BCUT2D eigenvalue weighted by Crippen LogP contribution is -2.42. The van der Waals surface area contributed by atoms with Crippen molar-refractivity contribution < 1.29 is 19.0 Å². The molecule has 0 spiro atoms. The van der Waals surface area contributed by atoms with Crippen LogP contribution in [0.1, 0.15) is 50.5 Å². The Hall–Kier alpha value is -2.93. The Balaban J connectivity index is 0.00000111. The van der Waals surface area contributed by atoms with Gasteiger partial charge in [-0.25, -0.2) is 0 Å². The average Bonchev–Trinajstić information content (AvgIpc) is 2.80. The monoisotopic (exact) mass is 384 g/mol. The van der Waals surface area contributed by atoms with Gasteiger partial charge >= 0.3 is 0 Å². The van der Waals surface area contributed by atoms with Crippen molar-refractivity contribution in [1.29, 1.82) is 0 Å². The molecule has 0 saturated carbocycles. The van der Waals surface area contributed by atoms with Gasteiger partial charge in [0.2, 0.25) is 0 Å². The van der Waals surface area contributed by atoms with Crippen molar-refractivity contribution >= 4 is 5.78 Å². The third kappa shape index (κ3) is 5.29. The molecule has 152 valence electrons. The number of terminal acetylenes is 1. The largest absolute Gasteiger partial charge is 0.497 e. The second-order valence-electron chi connectivity index (χ2n) is 5.54. The molecule has 4 heteroatoms. The number of carbonyl (C=O) groups is 1. The fourth-order valence-electron chi connectivity index (χ4n) is 2.69.